The van der Waals surface area contributed by atoms with E-state index >= 15 is 0 Å². The number of alkyl halides is 4. The topological polar surface area (TPSA) is 36.3 Å². The molecule has 0 atom stereocenters. The molecule has 0 aliphatic carbocycles. The lowest BCUT2D eigenvalue weighted by molar-refractivity contribution is -0.174. The van der Waals surface area contributed by atoms with Gasteiger partial charge in [-0.3, -0.25) is 0 Å². The Kier molecular flexibility index (Phi) is 4.95. The molecule has 4 nitrogen and oxygen atoms in total. The molecule has 1 heterocycles. The van der Waals surface area contributed by atoms with E-state index in [1.807, 2.05) is 0 Å². The summed E-state index contributed by atoms with van der Waals surface area (Å²) in [6, 6.07) is 5.30. The standard InChI is InChI=1S/C13H14ClF3N2O2/c1-20-9-2-3-11-10(6-9)18-12(7-14)19(11)4-5-21-8-13(15,16)17/h2-3,6H,4-5,7-8H2,1H3. The quantitative estimate of drug-likeness (QED) is 0.604. The predicted molar refractivity (Wildman–Crippen MR) is 72.7 cm³/mol. The van der Waals surface area contributed by atoms with Gasteiger partial charge in [0.2, 0.25) is 0 Å². The van der Waals surface area contributed by atoms with Gasteiger partial charge in [-0.05, 0) is 12.1 Å². The number of rotatable bonds is 6. The third-order valence-corrected chi connectivity index (χ3v) is 3.12. The van der Waals surface area contributed by atoms with Crippen molar-refractivity contribution in [1.29, 1.82) is 0 Å². The number of fused-ring (bicyclic) bond motifs is 1. The minimum atomic E-state index is -4.32. The van der Waals surface area contributed by atoms with Crippen molar-refractivity contribution < 1.29 is 22.6 Å². The maximum absolute atomic E-state index is 12.0. The molecule has 1 aromatic heterocycles. The van der Waals surface area contributed by atoms with Crippen molar-refractivity contribution in [1.82, 2.24) is 9.55 Å². The van der Waals surface area contributed by atoms with E-state index in [-0.39, 0.29) is 19.0 Å². The van der Waals surface area contributed by atoms with Crippen LogP contribution in [0.25, 0.3) is 11.0 Å². The zero-order chi connectivity index (χ0) is 15.5. The van der Waals surface area contributed by atoms with Gasteiger partial charge in [-0.1, -0.05) is 0 Å². The van der Waals surface area contributed by atoms with Crippen molar-refractivity contribution >= 4 is 22.6 Å². The molecule has 0 saturated carbocycles. The number of hydrogen-bond donors (Lipinski definition) is 0. The van der Waals surface area contributed by atoms with Gasteiger partial charge < -0.3 is 14.0 Å². The molecule has 0 saturated heterocycles. The van der Waals surface area contributed by atoms with Gasteiger partial charge in [0.15, 0.2) is 0 Å². The van der Waals surface area contributed by atoms with Crippen LogP contribution in [-0.4, -0.2) is 36.1 Å². The first kappa shape index (κ1) is 15.9. The lowest BCUT2D eigenvalue weighted by atomic mass is 10.3. The molecule has 2 rings (SSSR count). The van der Waals surface area contributed by atoms with E-state index in [4.69, 9.17) is 16.3 Å². The normalized spacial score (nSPS) is 12.0. The predicted octanol–water partition coefficient (Wildman–Crippen LogP) is 3.36. The number of imidazole rings is 1. The summed E-state index contributed by atoms with van der Waals surface area (Å²) >= 11 is 5.83. The average molecular weight is 323 g/mol. The molecule has 2 aromatic rings. The van der Waals surface area contributed by atoms with Gasteiger partial charge in [0, 0.05) is 12.6 Å². The summed E-state index contributed by atoms with van der Waals surface area (Å²) in [6.45, 7) is -1.08. The number of methoxy groups -OCH3 is 1. The van der Waals surface area contributed by atoms with E-state index in [1.165, 1.54) is 0 Å². The summed E-state index contributed by atoms with van der Waals surface area (Å²) in [5, 5.41) is 0. The average Bonchev–Trinajstić information content (AvgIpc) is 2.79. The Hall–Kier alpha value is -1.47. The number of hydrogen-bond acceptors (Lipinski definition) is 3. The first-order valence-corrected chi connectivity index (χ1v) is 6.71. The number of benzene rings is 1. The maximum atomic E-state index is 12.0. The van der Waals surface area contributed by atoms with Gasteiger partial charge >= 0.3 is 6.18 Å². The fourth-order valence-electron chi connectivity index (χ4n) is 1.98. The first-order chi connectivity index (χ1) is 9.94. The highest BCUT2D eigenvalue weighted by molar-refractivity contribution is 6.16. The Morgan fingerprint density at radius 3 is 2.71 bits per heavy atom. The molecule has 0 bridgehead atoms. The molecule has 0 aliphatic rings. The molecule has 0 radical (unpaired) electrons. The zero-order valence-corrected chi connectivity index (χ0v) is 12.0. The van der Waals surface area contributed by atoms with Crippen molar-refractivity contribution in [3.8, 4) is 5.75 Å². The molecule has 1 aromatic carbocycles. The number of aromatic nitrogens is 2. The first-order valence-electron chi connectivity index (χ1n) is 6.18. The summed E-state index contributed by atoms with van der Waals surface area (Å²) in [6.07, 6.45) is -4.32. The third-order valence-electron chi connectivity index (χ3n) is 2.88. The van der Waals surface area contributed by atoms with E-state index in [9.17, 15) is 13.2 Å². The fraction of sp³-hybridized carbons (Fsp3) is 0.462. The van der Waals surface area contributed by atoms with Crippen LogP contribution in [-0.2, 0) is 17.2 Å². The van der Waals surface area contributed by atoms with Gasteiger partial charge in [0.1, 0.15) is 18.2 Å². The molecule has 0 spiro atoms. The van der Waals surface area contributed by atoms with Crippen molar-refractivity contribution in [2.45, 2.75) is 18.6 Å². The summed E-state index contributed by atoms with van der Waals surface area (Å²) < 4.78 is 47.6. The van der Waals surface area contributed by atoms with E-state index in [0.29, 0.717) is 17.1 Å². The fourth-order valence-corrected chi connectivity index (χ4v) is 2.19. The van der Waals surface area contributed by atoms with E-state index < -0.39 is 12.8 Å². The third kappa shape index (κ3) is 4.01. The Morgan fingerprint density at radius 2 is 2.10 bits per heavy atom. The highest BCUT2D eigenvalue weighted by Gasteiger charge is 2.27. The number of ether oxygens (including phenoxy) is 2. The van der Waals surface area contributed by atoms with E-state index in [2.05, 4.69) is 9.72 Å². The van der Waals surface area contributed by atoms with E-state index in [0.717, 1.165) is 5.52 Å². The van der Waals surface area contributed by atoms with Crippen molar-refractivity contribution in [2.75, 3.05) is 20.3 Å². The molecule has 116 valence electrons. The highest BCUT2D eigenvalue weighted by atomic mass is 35.5. The van der Waals surface area contributed by atoms with Crippen LogP contribution in [0.2, 0.25) is 0 Å². The minimum Gasteiger partial charge on any atom is -0.497 e. The van der Waals surface area contributed by atoms with E-state index in [1.54, 1.807) is 29.9 Å². The molecular weight excluding hydrogens is 309 g/mol. The Labute approximate surface area is 124 Å². The summed E-state index contributed by atoms with van der Waals surface area (Å²) in [5.41, 5.74) is 1.46. The molecular formula is C13H14ClF3N2O2. The lowest BCUT2D eigenvalue weighted by Gasteiger charge is -2.10. The van der Waals surface area contributed by atoms with Crippen LogP contribution in [0.5, 0.6) is 5.75 Å². The van der Waals surface area contributed by atoms with Crippen LogP contribution >= 0.6 is 11.6 Å². The number of halogens is 4. The number of nitrogens with zero attached hydrogens (tertiary/aromatic N) is 2. The second-order valence-electron chi connectivity index (χ2n) is 4.34. The van der Waals surface area contributed by atoms with Gasteiger partial charge in [-0.2, -0.15) is 13.2 Å². The minimum absolute atomic E-state index is 0.0686. The van der Waals surface area contributed by atoms with Crippen LogP contribution in [0.4, 0.5) is 13.2 Å². The Morgan fingerprint density at radius 1 is 1.33 bits per heavy atom. The van der Waals surface area contributed by atoms with Crippen LogP contribution in [0.1, 0.15) is 5.82 Å². The van der Waals surface area contributed by atoms with Crippen LogP contribution in [0, 0.1) is 0 Å². The van der Waals surface area contributed by atoms with Gasteiger partial charge in [-0.15, -0.1) is 11.6 Å². The van der Waals surface area contributed by atoms with Crippen LogP contribution < -0.4 is 4.74 Å². The molecule has 0 fully saturated rings. The molecule has 0 N–H and O–H groups in total. The van der Waals surface area contributed by atoms with Crippen molar-refractivity contribution in [2.24, 2.45) is 0 Å². The monoisotopic (exact) mass is 322 g/mol. The SMILES string of the molecule is COc1ccc2c(c1)nc(CCl)n2CCOCC(F)(F)F. The summed E-state index contributed by atoms with van der Waals surface area (Å²) in [5.74, 6) is 1.40. The highest BCUT2D eigenvalue weighted by Crippen LogP contribution is 2.23. The van der Waals surface area contributed by atoms with Crippen LogP contribution in [0.15, 0.2) is 18.2 Å². The van der Waals surface area contributed by atoms with Gasteiger partial charge in [0.25, 0.3) is 0 Å². The van der Waals surface area contributed by atoms with Gasteiger partial charge in [0.05, 0.1) is 30.6 Å². The second kappa shape index (κ2) is 6.53. The van der Waals surface area contributed by atoms with Crippen molar-refractivity contribution in [3.63, 3.8) is 0 Å². The largest absolute Gasteiger partial charge is 0.497 e. The molecule has 0 amide bonds. The van der Waals surface area contributed by atoms with Crippen molar-refractivity contribution in [3.05, 3.63) is 24.0 Å². The Bertz CT molecular complexity index is 613. The Balaban J connectivity index is 2.14. The lowest BCUT2D eigenvalue weighted by Crippen LogP contribution is -2.19. The molecule has 0 aliphatic heterocycles. The van der Waals surface area contributed by atoms with Gasteiger partial charge in [-0.25, -0.2) is 4.98 Å². The molecule has 0 unspecified atom stereocenters. The maximum Gasteiger partial charge on any atom is 0.411 e. The summed E-state index contributed by atoms with van der Waals surface area (Å²) in [7, 11) is 1.55. The smallest absolute Gasteiger partial charge is 0.411 e. The molecule has 8 heteroatoms. The molecule has 21 heavy (non-hydrogen) atoms. The summed E-state index contributed by atoms with van der Waals surface area (Å²) in [4.78, 5) is 4.34. The van der Waals surface area contributed by atoms with Crippen LogP contribution in [0.3, 0.4) is 0 Å². The second-order valence-corrected chi connectivity index (χ2v) is 4.60. The zero-order valence-electron chi connectivity index (χ0n) is 11.3.